The van der Waals surface area contributed by atoms with Gasteiger partial charge in [0.05, 0.1) is 0 Å². The van der Waals surface area contributed by atoms with Crippen molar-refractivity contribution in [1.29, 1.82) is 0 Å². The van der Waals surface area contributed by atoms with Gasteiger partial charge in [-0.2, -0.15) is 0 Å². The van der Waals surface area contributed by atoms with Gasteiger partial charge in [0.15, 0.2) is 0 Å². The van der Waals surface area contributed by atoms with Crippen LogP contribution >= 0.6 is 24.0 Å². The molecular weight excluding hydrogens is 234 g/mol. The summed E-state index contributed by atoms with van der Waals surface area (Å²) in [4.78, 5) is 3.36. The molecule has 1 saturated heterocycles. The molecule has 0 aliphatic carbocycles. The highest BCUT2D eigenvalue weighted by Gasteiger charge is 2.24. The summed E-state index contributed by atoms with van der Waals surface area (Å²) in [7, 11) is 3.57. The molecule has 4 heteroatoms. The van der Waals surface area contributed by atoms with Crippen LogP contribution in [0, 0.1) is 0 Å². The normalized spacial score (nSPS) is 24.3. The molecule has 0 spiro atoms. The second-order valence-electron chi connectivity index (χ2n) is 2.27. The van der Waals surface area contributed by atoms with Crippen LogP contribution in [0.5, 0.6) is 0 Å². The van der Waals surface area contributed by atoms with Crippen LogP contribution in [0.1, 0.15) is 0 Å². The van der Waals surface area contributed by atoms with Crippen LogP contribution in [0.3, 0.4) is 0 Å². The molecule has 0 aromatic carbocycles. The van der Waals surface area contributed by atoms with E-state index >= 15 is 0 Å². The van der Waals surface area contributed by atoms with Gasteiger partial charge in [-0.15, -0.1) is 24.0 Å². The lowest BCUT2D eigenvalue weighted by Crippen LogP contribution is -2.29. The quantitative estimate of drug-likeness (QED) is 0.459. The van der Waals surface area contributed by atoms with Crippen molar-refractivity contribution >= 4 is 24.0 Å². The lowest BCUT2D eigenvalue weighted by Gasteiger charge is -2.14. The number of nitrogens with zero attached hydrogens (tertiary/aromatic N) is 2. The molecule has 1 rings (SSSR count). The maximum atomic E-state index is 12.6. The van der Waals surface area contributed by atoms with Crippen molar-refractivity contribution in [1.82, 2.24) is 9.80 Å². The second kappa shape index (κ2) is 3.68. The van der Waals surface area contributed by atoms with E-state index in [9.17, 15) is 4.39 Å². The highest BCUT2D eigenvalue weighted by atomic mass is 127. The third-order valence-corrected chi connectivity index (χ3v) is 1.53. The number of likely N-dealkylation sites (N-methyl/N-ethyl adjacent to an activating group) is 2. The van der Waals surface area contributed by atoms with E-state index in [4.69, 9.17) is 0 Å². The Labute approximate surface area is 72.0 Å². The molecule has 1 aliphatic heterocycles. The van der Waals surface area contributed by atoms with Crippen LogP contribution < -0.4 is 0 Å². The summed E-state index contributed by atoms with van der Waals surface area (Å²) in [5.41, 5.74) is 0. The molecule has 56 valence electrons. The molecule has 0 aromatic heterocycles. The Bertz CT molecular complexity index is 81.0. The zero-order valence-corrected chi connectivity index (χ0v) is 8.00. The molecule has 0 atom stereocenters. The van der Waals surface area contributed by atoms with Crippen molar-refractivity contribution in [3.8, 4) is 0 Å². The average Bonchev–Trinajstić information content (AvgIpc) is 1.98. The van der Waals surface area contributed by atoms with Crippen molar-refractivity contribution in [2.24, 2.45) is 0 Å². The van der Waals surface area contributed by atoms with E-state index in [-0.39, 0.29) is 24.0 Å². The third kappa shape index (κ3) is 2.01. The smallest absolute Gasteiger partial charge is 0.209 e. The highest BCUT2D eigenvalue weighted by Crippen LogP contribution is 2.09. The summed E-state index contributed by atoms with van der Waals surface area (Å²) in [5.74, 6) is 0. The van der Waals surface area contributed by atoms with Gasteiger partial charge in [-0.25, -0.2) is 4.39 Å². The third-order valence-electron chi connectivity index (χ3n) is 1.53. The molecule has 2 nitrogen and oxygen atoms in total. The minimum Gasteiger partial charge on any atom is -0.263 e. The van der Waals surface area contributed by atoms with Crippen molar-refractivity contribution in [3.05, 3.63) is 0 Å². The van der Waals surface area contributed by atoms with Crippen molar-refractivity contribution in [2.75, 3.05) is 27.2 Å². The van der Waals surface area contributed by atoms with Gasteiger partial charge in [-0.05, 0) is 14.1 Å². The summed E-state index contributed by atoms with van der Waals surface area (Å²) in [6, 6.07) is 0. The van der Waals surface area contributed by atoms with E-state index < -0.39 is 6.42 Å². The summed E-state index contributed by atoms with van der Waals surface area (Å²) in [6.07, 6.45) is -0.852. The van der Waals surface area contributed by atoms with E-state index in [0.29, 0.717) is 0 Å². The number of halogens is 2. The van der Waals surface area contributed by atoms with Crippen molar-refractivity contribution < 1.29 is 4.39 Å². The summed E-state index contributed by atoms with van der Waals surface area (Å²) in [5, 5.41) is 0. The minimum atomic E-state index is -0.852. The summed E-state index contributed by atoms with van der Waals surface area (Å²) in [6.45, 7) is 1.69. The van der Waals surface area contributed by atoms with Crippen molar-refractivity contribution in [2.45, 2.75) is 6.42 Å². The summed E-state index contributed by atoms with van der Waals surface area (Å²) >= 11 is 0. The lowest BCUT2D eigenvalue weighted by molar-refractivity contribution is 0.0497. The maximum Gasteiger partial charge on any atom is 0.209 e. The van der Waals surface area contributed by atoms with Crippen molar-refractivity contribution in [3.63, 3.8) is 0 Å². The van der Waals surface area contributed by atoms with Crippen LogP contribution in [-0.2, 0) is 0 Å². The Hall–Kier alpha value is 0.580. The highest BCUT2D eigenvalue weighted by molar-refractivity contribution is 14.0. The molecule has 1 heterocycles. The van der Waals surface area contributed by atoms with Crippen LogP contribution in [-0.4, -0.2) is 43.4 Å². The average molecular weight is 246 g/mol. The van der Waals surface area contributed by atoms with Gasteiger partial charge in [0.1, 0.15) is 0 Å². The Morgan fingerprint density at radius 1 is 1.22 bits per heavy atom. The Morgan fingerprint density at radius 3 is 1.67 bits per heavy atom. The number of hydrogen-bond acceptors (Lipinski definition) is 2. The topological polar surface area (TPSA) is 6.48 Å². The fraction of sp³-hybridized carbons (Fsp3) is 1.00. The monoisotopic (exact) mass is 246 g/mol. The fourth-order valence-corrected chi connectivity index (χ4v) is 0.865. The zero-order chi connectivity index (χ0) is 6.15. The zero-order valence-electron chi connectivity index (χ0n) is 5.67. The first-order chi connectivity index (χ1) is 3.72. The van der Waals surface area contributed by atoms with Gasteiger partial charge < -0.3 is 0 Å². The Kier molecular flexibility index (Phi) is 3.91. The van der Waals surface area contributed by atoms with Gasteiger partial charge in [-0.3, -0.25) is 9.80 Å². The molecule has 1 aliphatic rings. The molecule has 0 amide bonds. The maximum absolute atomic E-state index is 12.6. The Balaban J connectivity index is 0.000000640. The van der Waals surface area contributed by atoms with Gasteiger partial charge in [0.25, 0.3) is 0 Å². The number of hydrogen-bond donors (Lipinski definition) is 0. The van der Waals surface area contributed by atoms with E-state index in [1.165, 1.54) is 0 Å². The van der Waals surface area contributed by atoms with E-state index in [0.717, 1.165) is 13.1 Å². The van der Waals surface area contributed by atoms with Gasteiger partial charge >= 0.3 is 0 Å². The van der Waals surface area contributed by atoms with Gasteiger partial charge in [-0.1, -0.05) is 0 Å². The summed E-state index contributed by atoms with van der Waals surface area (Å²) < 4.78 is 12.6. The first-order valence-corrected chi connectivity index (χ1v) is 2.76. The SMILES string of the molecule is CN1CCN(C)C1F.I. The first kappa shape index (κ1) is 9.58. The van der Waals surface area contributed by atoms with E-state index in [1.807, 2.05) is 0 Å². The largest absolute Gasteiger partial charge is 0.263 e. The molecule has 0 unspecified atom stereocenters. The predicted molar refractivity (Wildman–Crippen MR) is 45.6 cm³/mol. The Morgan fingerprint density at radius 2 is 1.56 bits per heavy atom. The second-order valence-corrected chi connectivity index (χ2v) is 2.27. The number of rotatable bonds is 0. The molecule has 0 bridgehead atoms. The van der Waals surface area contributed by atoms with Crippen LogP contribution in [0.25, 0.3) is 0 Å². The lowest BCUT2D eigenvalue weighted by atomic mass is 10.6. The van der Waals surface area contributed by atoms with E-state index in [2.05, 4.69) is 0 Å². The molecule has 0 aromatic rings. The van der Waals surface area contributed by atoms with Crippen LogP contribution in [0.2, 0.25) is 0 Å². The minimum absolute atomic E-state index is 0. The molecular formula is C5H12FIN2. The molecule has 9 heavy (non-hydrogen) atoms. The van der Waals surface area contributed by atoms with Gasteiger partial charge in [0.2, 0.25) is 6.42 Å². The first-order valence-electron chi connectivity index (χ1n) is 2.76. The standard InChI is InChI=1S/C5H11FN2.HI/c1-7-3-4-8(2)5(7)6;/h5H,3-4H2,1-2H3;1H. The molecule has 0 saturated carbocycles. The van der Waals surface area contributed by atoms with Crippen LogP contribution in [0.15, 0.2) is 0 Å². The fourth-order valence-electron chi connectivity index (χ4n) is 0.865. The number of alkyl halides is 1. The van der Waals surface area contributed by atoms with Gasteiger partial charge in [0, 0.05) is 13.1 Å². The van der Waals surface area contributed by atoms with E-state index in [1.54, 1.807) is 23.9 Å². The molecule has 0 radical (unpaired) electrons. The van der Waals surface area contributed by atoms with Crippen LogP contribution in [0.4, 0.5) is 4.39 Å². The molecule has 0 N–H and O–H groups in total. The predicted octanol–water partition coefficient (Wildman–Crippen LogP) is 0.735. The molecule has 1 fully saturated rings.